The molecule has 0 saturated carbocycles. The Bertz CT molecular complexity index is 980. The zero-order valence-electron chi connectivity index (χ0n) is 15.8. The molecule has 0 aliphatic rings. The number of rotatable bonds is 7. The van der Waals surface area contributed by atoms with E-state index in [0.29, 0.717) is 5.69 Å². The number of ether oxygens (including phenoxy) is 1. The fourth-order valence-electron chi connectivity index (χ4n) is 2.73. The highest BCUT2D eigenvalue weighted by Crippen LogP contribution is 2.25. The highest BCUT2D eigenvalue weighted by Gasteiger charge is 2.21. The lowest BCUT2D eigenvalue weighted by Crippen LogP contribution is -2.35. The molecule has 9 heteroatoms. The van der Waals surface area contributed by atoms with Gasteiger partial charge in [0.25, 0.3) is 11.6 Å². The van der Waals surface area contributed by atoms with Crippen LogP contribution in [0.4, 0.5) is 11.4 Å². The molecule has 0 atom stereocenters. The molecule has 0 aromatic heterocycles. The number of carbonyl (C=O) groups excluding carboxylic acids is 2. The van der Waals surface area contributed by atoms with Crippen LogP contribution in [0.2, 0.25) is 5.02 Å². The zero-order chi connectivity index (χ0) is 21.6. The first-order chi connectivity index (χ1) is 13.7. The number of hydrogen-bond acceptors (Lipinski definition) is 6. The van der Waals surface area contributed by atoms with Crippen LogP contribution in [0.5, 0.6) is 0 Å². The van der Waals surface area contributed by atoms with Crippen LogP contribution in [0, 0.1) is 35.3 Å². The molecule has 0 bridgehead atoms. The fraction of sp³-hybridized carbons (Fsp3) is 0.250. The molecule has 0 heterocycles. The first-order valence-corrected chi connectivity index (χ1v) is 8.97. The lowest BCUT2D eigenvalue weighted by Gasteiger charge is -2.22. The van der Waals surface area contributed by atoms with Gasteiger partial charge in [-0.05, 0) is 49.2 Å². The van der Waals surface area contributed by atoms with E-state index in [1.807, 2.05) is 26.0 Å². The van der Waals surface area contributed by atoms with E-state index in [2.05, 4.69) is 0 Å². The summed E-state index contributed by atoms with van der Waals surface area (Å²) in [6.07, 6.45) is 0.107. The molecule has 0 spiro atoms. The van der Waals surface area contributed by atoms with Crippen LogP contribution in [0.3, 0.4) is 0 Å². The van der Waals surface area contributed by atoms with E-state index < -0.39 is 29.1 Å². The average molecular weight is 416 g/mol. The molecular weight excluding hydrogens is 398 g/mol. The van der Waals surface area contributed by atoms with Crippen molar-refractivity contribution in [2.45, 2.75) is 20.3 Å². The summed E-state index contributed by atoms with van der Waals surface area (Å²) in [5.41, 5.74) is 1.96. The van der Waals surface area contributed by atoms with Crippen LogP contribution >= 0.6 is 11.6 Å². The number of esters is 1. The van der Waals surface area contributed by atoms with Crippen molar-refractivity contribution in [1.29, 1.82) is 5.26 Å². The summed E-state index contributed by atoms with van der Waals surface area (Å²) in [5, 5.41) is 19.7. The van der Waals surface area contributed by atoms with E-state index in [1.165, 1.54) is 17.0 Å². The summed E-state index contributed by atoms with van der Waals surface area (Å²) in [7, 11) is 0. The van der Waals surface area contributed by atoms with Crippen molar-refractivity contribution in [3.63, 3.8) is 0 Å². The molecule has 0 N–H and O–H groups in total. The third kappa shape index (κ3) is 5.77. The molecule has 2 rings (SSSR count). The Morgan fingerprint density at radius 2 is 1.86 bits per heavy atom. The molecule has 0 radical (unpaired) electrons. The van der Waals surface area contributed by atoms with Crippen molar-refractivity contribution in [2.24, 2.45) is 0 Å². The van der Waals surface area contributed by atoms with Gasteiger partial charge < -0.3 is 9.64 Å². The second-order valence-electron chi connectivity index (χ2n) is 6.30. The van der Waals surface area contributed by atoms with Crippen LogP contribution < -0.4 is 4.90 Å². The van der Waals surface area contributed by atoms with Gasteiger partial charge in [0.05, 0.1) is 23.0 Å². The summed E-state index contributed by atoms with van der Waals surface area (Å²) < 4.78 is 5.03. The number of halogens is 1. The number of nitrogens with zero attached hydrogens (tertiary/aromatic N) is 3. The standard InChI is InChI=1S/C20H18ClN3O5/c1-13-8-14(2)10-16(9-13)23(7-3-6-22)19(25)12-29-20(26)15-4-5-17(21)18(11-15)24(27)28/h4-5,8-11H,3,7,12H2,1-2H3. The van der Waals surface area contributed by atoms with Crippen molar-refractivity contribution in [3.8, 4) is 6.07 Å². The first kappa shape index (κ1) is 21.9. The van der Waals surface area contributed by atoms with Crippen molar-refractivity contribution in [2.75, 3.05) is 18.1 Å². The van der Waals surface area contributed by atoms with Gasteiger partial charge in [-0.1, -0.05) is 17.7 Å². The van der Waals surface area contributed by atoms with Crippen LogP contribution in [-0.4, -0.2) is 30.0 Å². The Morgan fingerprint density at radius 3 is 2.45 bits per heavy atom. The monoisotopic (exact) mass is 415 g/mol. The Balaban J connectivity index is 2.15. The van der Waals surface area contributed by atoms with Crippen molar-refractivity contribution in [1.82, 2.24) is 0 Å². The van der Waals surface area contributed by atoms with Gasteiger partial charge in [0.15, 0.2) is 6.61 Å². The topological polar surface area (TPSA) is 114 Å². The maximum atomic E-state index is 12.6. The van der Waals surface area contributed by atoms with E-state index in [9.17, 15) is 19.7 Å². The molecule has 1 amide bonds. The van der Waals surface area contributed by atoms with Gasteiger partial charge in [0.2, 0.25) is 0 Å². The van der Waals surface area contributed by atoms with Crippen LogP contribution in [0.15, 0.2) is 36.4 Å². The van der Waals surface area contributed by atoms with Crippen molar-refractivity contribution in [3.05, 3.63) is 68.2 Å². The molecule has 0 aliphatic heterocycles. The SMILES string of the molecule is Cc1cc(C)cc(N(CCC#N)C(=O)COC(=O)c2ccc(Cl)c([N+](=O)[O-])c2)c1. The third-order valence-electron chi connectivity index (χ3n) is 3.97. The minimum Gasteiger partial charge on any atom is -0.452 e. The number of benzene rings is 2. The number of nitro groups is 1. The number of amides is 1. The Kier molecular flexibility index (Phi) is 7.28. The van der Waals surface area contributed by atoms with Crippen molar-refractivity contribution < 1.29 is 19.2 Å². The Morgan fingerprint density at radius 1 is 1.21 bits per heavy atom. The predicted octanol–water partition coefficient (Wildman–Crippen LogP) is 3.97. The second-order valence-corrected chi connectivity index (χ2v) is 6.71. The van der Waals surface area contributed by atoms with E-state index in [1.54, 1.807) is 12.1 Å². The third-order valence-corrected chi connectivity index (χ3v) is 4.29. The lowest BCUT2D eigenvalue weighted by atomic mass is 10.1. The highest BCUT2D eigenvalue weighted by molar-refractivity contribution is 6.32. The van der Waals surface area contributed by atoms with Crippen molar-refractivity contribution >= 4 is 34.9 Å². The van der Waals surface area contributed by atoms with Gasteiger partial charge in [-0.15, -0.1) is 0 Å². The van der Waals surface area contributed by atoms with E-state index in [-0.39, 0.29) is 23.6 Å². The maximum absolute atomic E-state index is 12.6. The molecular formula is C20H18ClN3O5. The van der Waals surface area contributed by atoms with E-state index >= 15 is 0 Å². The van der Waals surface area contributed by atoms with E-state index in [0.717, 1.165) is 17.2 Å². The van der Waals surface area contributed by atoms with Crippen LogP contribution in [0.25, 0.3) is 0 Å². The molecule has 0 unspecified atom stereocenters. The lowest BCUT2D eigenvalue weighted by molar-refractivity contribution is -0.384. The zero-order valence-corrected chi connectivity index (χ0v) is 16.6. The molecule has 8 nitrogen and oxygen atoms in total. The van der Waals surface area contributed by atoms with Gasteiger partial charge >= 0.3 is 5.97 Å². The Hall–Kier alpha value is -3.44. The minimum absolute atomic E-state index is 0.0936. The number of nitro benzene ring substituents is 1. The normalized spacial score (nSPS) is 10.1. The highest BCUT2D eigenvalue weighted by atomic mass is 35.5. The summed E-state index contributed by atoms with van der Waals surface area (Å²) >= 11 is 5.73. The summed E-state index contributed by atoms with van der Waals surface area (Å²) in [4.78, 5) is 36.5. The summed E-state index contributed by atoms with van der Waals surface area (Å²) in [5.74, 6) is -1.40. The summed E-state index contributed by atoms with van der Waals surface area (Å²) in [6, 6.07) is 11.0. The maximum Gasteiger partial charge on any atom is 0.338 e. The van der Waals surface area contributed by atoms with Crippen LogP contribution in [-0.2, 0) is 9.53 Å². The molecule has 29 heavy (non-hydrogen) atoms. The number of nitriles is 1. The van der Waals surface area contributed by atoms with Gasteiger partial charge in [-0.2, -0.15) is 5.26 Å². The molecule has 0 aliphatic carbocycles. The predicted molar refractivity (Wildman–Crippen MR) is 107 cm³/mol. The van der Waals surface area contributed by atoms with Gasteiger partial charge in [0, 0.05) is 18.3 Å². The van der Waals surface area contributed by atoms with Gasteiger partial charge in [-0.25, -0.2) is 4.79 Å². The second kappa shape index (κ2) is 9.66. The van der Waals surface area contributed by atoms with Gasteiger partial charge in [0.1, 0.15) is 5.02 Å². The number of carbonyl (C=O) groups is 2. The first-order valence-electron chi connectivity index (χ1n) is 8.59. The molecule has 0 saturated heterocycles. The average Bonchev–Trinajstić information content (AvgIpc) is 2.65. The van der Waals surface area contributed by atoms with Crippen LogP contribution in [0.1, 0.15) is 27.9 Å². The number of hydrogen-bond donors (Lipinski definition) is 0. The minimum atomic E-state index is -0.890. The molecule has 150 valence electrons. The molecule has 2 aromatic rings. The molecule has 2 aromatic carbocycles. The van der Waals surface area contributed by atoms with Gasteiger partial charge in [-0.3, -0.25) is 14.9 Å². The largest absolute Gasteiger partial charge is 0.452 e. The fourth-order valence-corrected chi connectivity index (χ4v) is 2.92. The number of anilines is 1. The number of aryl methyl sites for hydroxylation is 2. The quantitative estimate of drug-likeness (QED) is 0.384. The molecule has 0 fully saturated rings. The Labute approximate surface area is 172 Å². The smallest absolute Gasteiger partial charge is 0.338 e. The summed E-state index contributed by atoms with van der Waals surface area (Å²) in [6.45, 7) is 3.34. The van der Waals surface area contributed by atoms with E-state index in [4.69, 9.17) is 21.6 Å².